The van der Waals surface area contributed by atoms with Crippen molar-refractivity contribution in [3.63, 3.8) is 0 Å². The lowest BCUT2D eigenvalue weighted by atomic mass is 9.84. The first-order chi connectivity index (χ1) is 6.68. The molecule has 76 valence electrons. The molecule has 1 aliphatic rings. The summed E-state index contributed by atoms with van der Waals surface area (Å²) in [4.78, 5) is 0. The predicted octanol–water partition coefficient (Wildman–Crippen LogP) is 3.35. The van der Waals surface area contributed by atoms with Crippen molar-refractivity contribution in [2.75, 3.05) is 6.61 Å². The second-order valence-electron chi connectivity index (χ2n) is 4.17. The van der Waals surface area contributed by atoms with Crippen molar-refractivity contribution >= 4 is 0 Å². The molecular formula is C12H15FO. The minimum Gasteiger partial charge on any atom is -0.493 e. The Kier molecular flexibility index (Phi) is 2.44. The average molecular weight is 194 g/mol. The zero-order chi connectivity index (χ0) is 10.1. The summed E-state index contributed by atoms with van der Waals surface area (Å²) >= 11 is 0. The van der Waals surface area contributed by atoms with E-state index in [1.54, 1.807) is 0 Å². The Morgan fingerprint density at radius 1 is 1.43 bits per heavy atom. The molecular weight excluding hydrogens is 179 g/mol. The zero-order valence-corrected chi connectivity index (χ0v) is 8.59. The van der Waals surface area contributed by atoms with Gasteiger partial charge in [0.05, 0.1) is 6.61 Å². The van der Waals surface area contributed by atoms with E-state index in [9.17, 15) is 4.39 Å². The van der Waals surface area contributed by atoms with E-state index in [-0.39, 0.29) is 5.82 Å². The minimum atomic E-state index is -0.215. The van der Waals surface area contributed by atoms with Crippen LogP contribution in [0.15, 0.2) is 18.2 Å². The third-order valence-electron chi connectivity index (χ3n) is 2.87. The van der Waals surface area contributed by atoms with Gasteiger partial charge >= 0.3 is 0 Å². The molecule has 1 heterocycles. The number of halogens is 1. The fourth-order valence-corrected chi connectivity index (χ4v) is 2.08. The first-order valence-corrected chi connectivity index (χ1v) is 5.10. The molecule has 0 amide bonds. The standard InChI is InChI=1S/C12H15FO/c1-8(2)10-5-6-14-12-7-9(13)3-4-11(10)12/h3-4,7-8,10H,5-6H2,1-2H3/t10-/m0/s1. The van der Waals surface area contributed by atoms with Crippen LogP contribution in [-0.4, -0.2) is 6.61 Å². The number of hydrogen-bond acceptors (Lipinski definition) is 1. The topological polar surface area (TPSA) is 9.23 Å². The van der Waals surface area contributed by atoms with Crippen LogP contribution in [-0.2, 0) is 0 Å². The molecule has 1 aliphatic heterocycles. The van der Waals surface area contributed by atoms with Gasteiger partial charge in [0, 0.05) is 6.07 Å². The van der Waals surface area contributed by atoms with Gasteiger partial charge in [-0.1, -0.05) is 19.9 Å². The summed E-state index contributed by atoms with van der Waals surface area (Å²) in [5.41, 5.74) is 1.16. The van der Waals surface area contributed by atoms with Crippen molar-refractivity contribution in [3.05, 3.63) is 29.6 Å². The molecule has 0 aromatic heterocycles. The molecule has 2 rings (SSSR count). The largest absolute Gasteiger partial charge is 0.493 e. The van der Waals surface area contributed by atoms with Crippen LogP contribution in [0.3, 0.4) is 0 Å². The van der Waals surface area contributed by atoms with Crippen LogP contribution >= 0.6 is 0 Å². The SMILES string of the molecule is CC(C)[C@@H]1CCOc2cc(F)ccc21. The van der Waals surface area contributed by atoms with Crippen molar-refractivity contribution in [1.82, 2.24) is 0 Å². The van der Waals surface area contributed by atoms with Crippen molar-refractivity contribution in [3.8, 4) is 5.75 Å². The molecule has 2 heteroatoms. The lowest BCUT2D eigenvalue weighted by Crippen LogP contribution is -2.18. The lowest BCUT2D eigenvalue weighted by molar-refractivity contribution is 0.246. The highest BCUT2D eigenvalue weighted by Crippen LogP contribution is 2.38. The second-order valence-corrected chi connectivity index (χ2v) is 4.17. The molecule has 1 atom stereocenters. The van der Waals surface area contributed by atoms with E-state index < -0.39 is 0 Å². The van der Waals surface area contributed by atoms with Crippen molar-refractivity contribution < 1.29 is 9.13 Å². The van der Waals surface area contributed by atoms with E-state index >= 15 is 0 Å². The Balaban J connectivity index is 2.40. The predicted molar refractivity (Wildman–Crippen MR) is 54.1 cm³/mol. The highest BCUT2D eigenvalue weighted by molar-refractivity contribution is 5.38. The van der Waals surface area contributed by atoms with Gasteiger partial charge in [0.2, 0.25) is 0 Å². The van der Waals surface area contributed by atoms with Gasteiger partial charge in [-0.3, -0.25) is 0 Å². The third kappa shape index (κ3) is 1.61. The van der Waals surface area contributed by atoms with E-state index in [2.05, 4.69) is 13.8 Å². The van der Waals surface area contributed by atoms with Crippen molar-refractivity contribution in [2.45, 2.75) is 26.2 Å². The van der Waals surface area contributed by atoms with Gasteiger partial charge in [-0.15, -0.1) is 0 Å². The summed E-state index contributed by atoms with van der Waals surface area (Å²) in [5.74, 6) is 1.62. The summed E-state index contributed by atoms with van der Waals surface area (Å²) in [6.45, 7) is 5.10. The molecule has 0 unspecified atom stereocenters. The molecule has 1 nitrogen and oxygen atoms in total. The quantitative estimate of drug-likeness (QED) is 0.666. The summed E-state index contributed by atoms with van der Waals surface area (Å²) in [5, 5.41) is 0. The molecule has 0 bridgehead atoms. The number of fused-ring (bicyclic) bond motifs is 1. The Labute approximate surface area is 83.9 Å². The number of hydrogen-bond donors (Lipinski definition) is 0. The van der Waals surface area contributed by atoms with Gasteiger partial charge < -0.3 is 4.74 Å². The molecule has 1 aromatic carbocycles. The molecule has 0 saturated carbocycles. The molecule has 0 saturated heterocycles. The molecule has 0 fully saturated rings. The maximum Gasteiger partial charge on any atom is 0.126 e. The van der Waals surface area contributed by atoms with Crippen LogP contribution < -0.4 is 4.74 Å². The van der Waals surface area contributed by atoms with Crippen LogP contribution in [0, 0.1) is 11.7 Å². The number of benzene rings is 1. The van der Waals surface area contributed by atoms with Gasteiger partial charge in [-0.25, -0.2) is 4.39 Å². The van der Waals surface area contributed by atoms with Gasteiger partial charge in [0.15, 0.2) is 0 Å². The Morgan fingerprint density at radius 2 is 2.21 bits per heavy atom. The summed E-state index contributed by atoms with van der Waals surface area (Å²) in [7, 11) is 0. The third-order valence-corrected chi connectivity index (χ3v) is 2.87. The lowest BCUT2D eigenvalue weighted by Gasteiger charge is -2.28. The Morgan fingerprint density at radius 3 is 2.93 bits per heavy atom. The normalized spacial score (nSPS) is 20.4. The Hall–Kier alpha value is -1.05. The van der Waals surface area contributed by atoms with Crippen LogP contribution in [0.25, 0.3) is 0 Å². The summed E-state index contributed by atoms with van der Waals surface area (Å²) < 4.78 is 18.4. The van der Waals surface area contributed by atoms with Crippen LogP contribution in [0.4, 0.5) is 4.39 Å². The second kappa shape index (κ2) is 3.60. The summed E-state index contributed by atoms with van der Waals surface area (Å²) in [6.07, 6.45) is 1.04. The van der Waals surface area contributed by atoms with Crippen LogP contribution in [0.5, 0.6) is 5.75 Å². The zero-order valence-electron chi connectivity index (χ0n) is 8.59. The molecule has 0 spiro atoms. The van der Waals surface area contributed by atoms with Crippen LogP contribution in [0.1, 0.15) is 31.7 Å². The van der Waals surface area contributed by atoms with Gasteiger partial charge in [-0.05, 0) is 29.9 Å². The van der Waals surface area contributed by atoms with Gasteiger partial charge in [-0.2, -0.15) is 0 Å². The number of rotatable bonds is 1. The summed E-state index contributed by atoms with van der Waals surface area (Å²) in [6, 6.07) is 4.86. The maximum absolute atomic E-state index is 12.9. The smallest absolute Gasteiger partial charge is 0.126 e. The molecule has 0 aliphatic carbocycles. The van der Waals surface area contributed by atoms with Crippen molar-refractivity contribution in [2.24, 2.45) is 5.92 Å². The van der Waals surface area contributed by atoms with E-state index in [0.29, 0.717) is 18.4 Å². The minimum absolute atomic E-state index is 0.215. The first-order valence-electron chi connectivity index (χ1n) is 5.10. The number of ether oxygens (including phenoxy) is 1. The molecule has 1 aromatic rings. The van der Waals surface area contributed by atoms with Gasteiger partial charge in [0.25, 0.3) is 0 Å². The molecule has 0 N–H and O–H groups in total. The fourth-order valence-electron chi connectivity index (χ4n) is 2.08. The Bertz CT molecular complexity index is 333. The maximum atomic E-state index is 12.9. The monoisotopic (exact) mass is 194 g/mol. The highest BCUT2D eigenvalue weighted by atomic mass is 19.1. The fraction of sp³-hybridized carbons (Fsp3) is 0.500. The van der Waals surface area contributed by atoms with E-state index in [4.69, 9.17) is 4.74 Å². The average Bonchev–Trinajstić information content (AvgIpc) is 2.16. The van der Waals surface area contributed by atoms with E-state index in [0.717, 1.165) is 17.7 Å². The highest BCUT2D eigenvalue weighted by Gasteiger charge is 2.24. The van der Waals surface area contributed by atoms with Crippen molar-refractivity contribution in [1.29, 1.82) is 0 Å². The van der Waals surface area contributed by atoms with E-state index in [1.807, 2.05) is 6.07 Å². The van der Waals surface area contributed by atoms with Gasteiger partial charge in [0.1, 0.15) is 11.6 Å². The van der Waals surface area contributed by atoms with E-state index in [1.165, 1.54) is 12.1 Å². The van der Waals surface area contributed by atoms with Crippen LogP contribution in [0.2, 0.25) is 0 Å². The molecule has 0 radical (unpaired) electrons. The molecule has 14 heavy (non-hydrogen) atoms. The first kappa shape index (κ1) is 9.50.